The number of hydrogen-bond acceptors (Lipinski definition) is 2. The summed E-state index contributed by atoms with van der Waals surface area (Å²) in [6.07, 6.45) is 8.51. The van der Waals surface area contributed by atoms with E-state index in [4.69, 9.17) is 0 Å². The van der Waals surface area contributed by atoms with Crippen LogP contribution in [0.5, 0.6) is 0 Å². The summed E-state index contributed by atoms with van der Waals surface area (Å²) in [5.74, 6) is 0. The second-order valence-corrected chi connectivity index (χ2v) is 7.33. The summed E-state index contributed by atoms with van der Waals surface area (Å²) in [4.78, 5) is 3.68. The highest BCUT2D eigenvalue weighted by Crippen LogP contribution is 2.46. The van der Waals surface area contributed by atoms with E-state index >= 15 is 0 Å². The third kappa shape index (κ3) is 2.59. The van der Waals surface area contributed by atoms with E-state index in [0.29, 0.717) is 5.41 Å². The Bertz CT molecular complexity index is 554. The molecule has 0 radical (unpaired) electrons. The molecule has 1 aromatic carbocycles. The molecule has 100 valence electrons. The maximum atomic E-state index is 2.41. The van der Waals surface area contributed by atoms with Gasteiger partial charge >= 0.3 is 0 Å². The fourth-order valence-corrected chi connectivity index (χ4v) is 4.00. The zero-order valence-electron chi connectivity index (χ0n) is 11.9. The minimum absolute atomic E-state index is 0.454. The second-order valence-electron chi connectivity index (χ2n) is 6.27. The monoisotopic (exact) mass is 271 g/mol. The summed E-state index contributed by atoms with van der Waals surface area (Å²) < 4.78 is 0. The largest absolute Gasteiger partial charge is 0.338 e. The molecule has 0 bridgehead atoms. The molecule has 1 aliphatic heterocycles. The average molecular weight is 271 g/mol. The van der Waals surface area contributed by atoms with Crippen LogP contribution in [-0.4, -0.2) is 7.05 Å². The molecule has 0 saturated carbocycles. The zero-order chi connectivity index (χ0) is 13.5. The van der Waals surface area contributed by atoms with Gasteiger partial charge in [-0.1, -0.05) is 43.8 Å². The van der Waals surface area contributed by atoms with Crippen molar-refractivity contribution in [1.29, 1.82) is 0 Å². The van der Waals surface area contributed by atoms with Crippen LogP contribution in [0.15, 0.2) is 51.9 Å². The highest BCUT2D eigenvalue weighted by molar-refractivity contribution is 8.03. The van der Waals surface area contributed by atoms with Crippen molar-refractivity contribution in [3.8, 4) is 0 Å². The molecule has 0 atom stereocenters. The van der Waals surface area contributed by atoms with Gasteiger partial charge in [-0.3, -0.25) is 0 Å². The first kappa shape index (κ1) is 12.9. The van der Waals surface area contributed by atoms with E-state index in [1.54, 1.807) is 0 Å². The van der Waals surface area contributed by atoms with Crippen LogP contribution in [-0.2, 0) is 0 Å². The molecule has 2 aliphatic rings. The molecule has 1 heterocycles. The first-order chi connectivity index (χ1) is 9.05. The molecule has 3 rings (SSSR count). The first-order valence-electron chi connectivity index (χ1n) is 6.96. The van der Waals surface area contributed by atoms with Crippen LogP contribution in [0.3, 0.4) is 0 Å². The van der Waals surface area contributed by atoms with E-state index < -0.39 is 0 Å². The number of hydrogen-bond donors (Lipinski definition) is 0. The summed E-state index contributed by atoms with van der Waals surface area (Å²) in [6, 6.07) is 8.63. The maximum Gasteiger partial charge on any atom is 0.0801 e. The van der Waals surface area contributed by atoms with Crippen molar-refractivity contribution in [2.24, 2.45) is 5.41 Å². The molecule has 0 spiro atoms. The minimum atomic E-state index is 0.454. The smallest absolute Gasteiger partial charge is 0.0801 e. The number of anilines is 1. The molecular formula is C17H21NS. The van der Waals surface area contributed by atoms with Crippen LogP contribution in [0.25, 0.3) is 0 Å². The fourth-order valence-electron chi connectivity index (χ4n) is 2.88. The SMILES string of the molecule is CN1/C(=C\C2=CCCC(C)(C)C2)Sc2ccccc21. The van der Waals surface area contributed by atoms with Crippen molar-refractivity contribution in [1.82, 2.24) is 0 Å². The highest BCUT2D eigenvalue weighted by Gasteiger charge is 2.25. The highest BCUT2D eigenvalue weighted by atomic mass is 32.2. The van der Waals surface area contributed by atoms with Crippen LogP contribution in [0.1, 0.15) is 33.1 Å². The zero-order valence-corrected chi connectivity index (χ0v) is 12.8. The van der Waals surface area contributed by atoms with Crippen molar-refractivity contribution in [3.63, 3.8) is 0 Å². The molecule has 0 N–H and O–H groups in total. The van der Waals surface area contributed by atoms with Gasteiger partial charge in [0.05, 0.1) is 10.7 Å². The van der Waals surface area contributed by atoms with Crippen molar-refractivity contribution in [2.45, 2.75) is 38.0 Å². The van der Waals surface area contributed by atoms with Gasteiger partial charge in [-0.25, -0.2) is 0 Å². The fraction of sp³-hybridized carbons (Fsp3) is 0.412. The predicted octanol–water partition coefficient (Wildman–Crippen LogP) is 5.21. The Hall–Kier alpha value is -1.15. The van der Waals surface area contributed by atoms with Gasteiger partial charge in [0.2, 0.25) is 0 Å². The molecule has 2 heteroatoms. The lowest BCUT2D eigenvalue weighted by atomic mass is 9.77. The lowest BCUT2D eigenvalue weighted by Crippen LogP contribution is -2.16. The Morgan fingerprint density at radius 2 is 2.05 bits per heavy atom. The molecule has 0 saturated heterocycles. The van der Waals surface area contributed by atoms with Crippen LogP contribution >= 0.6 is 11.8 Å². The van der Waals surface area contributed by atoms with Crippen LogP contribution in [0.4, 0.5) is 5.69 Å². The third-order valence-corrected chi connectivity index (χ3v) is 5.16. The second kappa shape index (κ2) is 4.75. The van der Waals surface area contributed by atoms with Gasteiger partial charge in [-0.05, 0) is 48.5 Å². The standard InChI is InChI=1S/C17H21NS/c1-17(2)10-6-7-13(12-17)11-16-18(3)14-8-4-5-9-15(14)19-16/h4-5,7-9,11H,6,10,12H2,1-3H3/b16-11+. The molecule has 1 aliphatic carbocycles. The molecule has 0 unspecified atom stereocenters. The number of benzene rings is 1. The van der Waals surface area contributed by atoms with Crippen molar-refractivity contribution < 1.29 is 0 Å². The van der Waals surface area contributed by atoms with Gasteiger partial charge in [0.25, 0.3) is 0 Å². The molecule has 0 aromatic heterocycles. The lowest BCUT2D eigenvalue weighted by Gasteiger charge is -2.29. The Balaban J connectivity index is 1.85. The minimum Gasteiger partial charge on any atom is -0.338 e. The normalized spacial score (nSPS) is 23.4. The van der Waals surface area contributed by atoms with Crippen molar-refractivity contribution >= 4 is 17.4 Å². The van der Waals surface area contributed by atoms with Gasteiger partial charge in [0.15, 0.2) is 0 Å². The lowest BCUT2D eigenvalue weighted by molar-refractivity contribution is 0.324. The third-order valence-electron chi connectivity index (χ3n) is 3.99. The van der Waals surface area contributed by atoms with Crippen LogP contribution in [0.2, 0.25) is 0 Å². The molecule has 19 heavy (non-hydrogen) atoms. The van der Waals surface area contributed by atoms with Crippen molar-refractivity contribution in [2.75, 3.05) is 11.9 Å². The molecule has 0 fully saturated rings. The van der Waals surface area contributed by atoms with Gasteiger partial charge in [0, 0.05) is 11.9 Å². The number of allylic oxidation sites excluding steroid dienone is 3. The molecule has 1 nitrogen and oxygen atoms in total. The Morgan fingerprint density at radius 1 is 1.26 bits per heavy atom. The number of rotatable bonds is 1. The summed E-state index contributed by atoms with van der Waals surface area (Å²) in [6.45, 7) is 4.75. The number of para-hydroxylation sites is 1. The molecule has 0 amide bonds. The van der Waals surface area contributed by atoms with Gasteiger partial charge < -0.3 is 4.90 Å². The van der Waals surface area contributed by atoms with Crippen LogP contribution in [0, 0.1) is 5.41 Å². The van der Waals surface area contributed by atoms with Gasteiger partial charge in [0.1, 0.15) is 0 Å². The first-order valence-corrected chi connectivity index (χ1v) is 7.78. The molecular weight excluding hydrogens is 250 g/mol. The predicted molar refractivity (Wildman–Crippen MR) is 84.5 cm³/mol. The summed E-state index contributed by atoms with van der Waals surface area (Å²) in [7, 11) is 2.17. The Kier molecular flexibility index (Phi) is 3.22. The van der Waals surface area contributed by atoms with E-state index in [1.165, 1.54) is 40.4 Å². The maximum absolute atomic E-state index is 2.41. The summed E-state index contributed by atoms with van der Waals surface area (Å²) in [5.41, 5.74) is 3.28. The van der Waals surface area contributed by atoms with E-state index in [1.807, 2.05) is 11.8 Å². The Morgan fingerprint density at radius 3 is 2.79 bits per heavy atom. The van der Waals surface area contributed by atoms with Gasteiger partial charge in [-0.15, -0.1) is 0 Å². The van der Waals surface area contributed by atoms with E-state index in [2.05, 4.69) is 62.2 Å². The topological polar surface area (TPSA) is 3.24 Å². The Labute approximate surface area is 120 Å². The quantitative estimate of drug-likeness (QED) is 0.690. The van der Waals surface area contributed by atoms with Crippen LogP contribution < -0.4 is 4.90 Å². The van der Waals surface area contributed by atoms with Gasteiger partial charge in [-0.2, -0.15) is 0 Å². The van der Waals surface area contributed by atoms with E-state index in [0.717, 1.165) is 0 Å². The summed E-state index contributed by atoms with van der Waals surface area (Å²) in [5, 5.41) is 1.35. The number of fused-ring (bicyclic) bond motifs is 1. The van der Waals surface area contributed by atoms with E-state index in [-0.39, 0.29) is 0 Å². The molecule has 1 aromatic rings. The van der Waals surface area contributed by atoms with E-state index in [9.17, 15) is 0 Å². The average Bonchev–Trinajstić information content (AvgIpc) is 2.66. The number of nitrogens with zero attached hydrogens (tertiary/aromatic N) is 1. The van der Waals surface area contributed by atoms with Crippen molar-refractivity contribution in [3.05, 3.63) is 47.0 Å². The number of thioether (sulfide) groups is 1. The summed E-state index contributed by atoms with van der Waals surface area (Å²) >= 11 is 1.88.